The number of alkyl carbamates (subject to hydrolysis) is 1. The normalized spacial score (nSPS) is 27.2. The molecule has 18 heavy (non-hydrogen) atoms. The summed E-state index contributed by atoms with van der Waals surface area (Å²) in [7, 11) is 0. The molecule has 2 aliphatic rings. The Morgan fingerprint density at radius 3 is 2.56 bits per heavy atom. The molecule has 0 aromatic heterocycles. The summed E-state index contributed by atoms with van der Waals surface area (Å²) in [5.74, 6) is 0. The minimum Gasteiger partial charge on any atom is -0.444 e. The van der Waals surface area contributed by atoms with Gasteiger partial charge in [0.1, 0.15) is 5.60 Å². The molecule has 2 aliphatic heterocycles. The number of rotatable bonds is 1. The largest absolute Gasteiger partial charge is 0.444 e. The molecule has 0 radical (unpaired) electrons. The van der Waals surface area contributed by atoms with E-state index in [0.717, 1.165) is 39.0 Å². The molecule has 1 amide bonds. The molecule has 0 aliphatic carbocycles. The Morgan fingerprint density at radius 2 is 1.94 bits per heavy atom. The molecule has 2 saturated heterocycles. The van der Waals surface area contributed by atoms with Crippen LogP contribution in [-0.4, -0.2) is 43.9 Å². The van der Waals surface area contributed by atoms with Gasteiger partial charge < -0.3 is 20.7 Å². The maximum atomic E-state index is 11.9. The Bertz CT molecular complexity index is 306. The van der Waals surface area contributed by atoms with Gasteiger partial charge in [0.15, 0.2) is 0 Å². The van der Waals surface area contributed by atoms with Crippen LogP contribution in [0.4, 0.5) is 4.79 Å². The second-order valence-electron chi connectivity index (χ2n) is 6.44. The number of carbonyl (C=O) groups excluding carboxylic acids is 1. The van der Waals surface area contributed by atoms with Crippen molar-refractivity contribution in [1.29, 1.82) is 0 Å². The van der Waals surface area contributed by atoms with Gasteiger partial charge in [-0.1, -0.05) is 0 Å². The number of ether oxygens (including phenoxy) is 1. The molecule has 0 aromatic rings. The number of nitrogens with one attached hydrogen (secondary N) is 3. The molecule has 2 rings (SSSR count). The average molecular weight is 255 g/mol. The van der Waals surface area contributed by atoms with Crippen LogP contribution in [0.15, 0.2) is 0 Å². The van der Waals surface area contributed by atoms with E-state index in [0.29, 0.717) is 0 Å². The smallest absolute Gasteiger partial charge is 0.407 e. The van der Waals surface area contributed by atoms with Crippen LogP contribution in [0.1, 0.15) is 33.6 Å². The van der Waals surface area contributed by atoms with E-state index >= 15 is 0 Å². The van der Waals surface area contributed by atoms with Crippen LogP contribution in [0.5, 0.6) is 0 Å². The fraction of sp³-hybridized carbons (Fsp3) is 0.923. The molecule has 2 heterocycles. The Kier molecular flexibility index (Phi) is 3.82. The highest BCUT2D eigenvalue weighted by Crippen LogP contribution is 2.35. The van der Waals surface area contributed by atoms with Gasteiger partial charge in [-0.2, -0.15) is 0 Å². The average Bonchev–Trinajstić information content (AvgIpc) is 2.60. The Balaban J connectivity index is 1.93. The first-order chi connectivity index (χ1) is 8.41. The Morgan fingerprint density at radius 1 is 1.28 bits per heavy atom. The lowest BCUT2D eigenvalue weighted by molar-refractivity contribution is 0.0452. The zero-order valence-corrected chi connectivity index (χ0v) is 11.6. The summed E-state index contributed by atoms with van der Waals surface area (Å²) in [5.41, 5.74) is -0.223. The third-order valence-corrected chi connectivity index (χ3v) is 3.86. The summed E-state index contributed by atoms with van der Waals surface area (Å²) < 4.78 is 5.34. The van der Waals surface area contributed by atoms with E-state index in [1.807, 2.05) is 20.8 Å². The zero-order chi connectivity index (χ0) is 13.2. The first kappa shape index (κ1) is 13.6. The van der Waals surface area contributed by atoms with Crippen LogP contribution in [-0.2, 0) is 4.74 Å². The van der Waals surface area contributed by atoms with Crippen molar-refractivity contribution in [3.8, 4) is 0 Å². The van der Waals surface area contributed by atoms with E-state index < -0.39 is 5.60 Å². The van der Waals surface area contributed by atoms with Gasteiger partial charge in [-0.15, -0.1) is 0 Å². The Labute approximate surface area is 109 Å². The summed E-state index contributed by atoms with van der Waals surface area (Å²) >= 11 is 0. The highest BCUT2D eigenvalue weighted by Gasteiger charge is 2.44. The summed E-state index contributed by atoms with van der Waals surface area (Å²) in [6.45, 7) is 9.58. The fourth-order valence-electron chi connectivity index (χ4n) is 2.91. The van der Waals surface area contributed by atoms with Crippen molar-refractivity contribution in [2.24, 2.45) is 5.41 Å². The SMILES string of the molecule is CC(C)(C)OC(=O)NC1CNCC12CCNCC2. The van der Waals surface area contributed by atoms with Crippen LogP contribution in [0.25, 0.3) is 0 Å². The van der Waals surface area contributed by atoms with Gasteiger partial charge in [-0.25, -0.2) is 4.79 Å². The number of hydrogen-bond donors (Lipinski definition) is 3. The molecule has 1 atom stereocenters. The summed E-state index contributed by atoms with van der Waals surface area (Å²) in [6, 6.07) is 0.189. The van der Waals surface area contributed by atoms with Gasteiger partial charge in [0.25, 0.3) is 0 Å². The highest BCUT2D eigenvalue weighted by atomic mass is 16.6. The first-order valence-electron chi connectivity index (χ1n) is 6.82. The van der Waals surface area contributed by atoms with Crippen molar-refractivity contribution < 1.29 is 9.53 Å². The highest BCUT2D eigenvalue weighted by molar-refractivity contribution is 5.68. The number of carbonyl (C=O) groups is 1. The van der Waals surface area contributed by atoms with E-state index in [1.54, 1.807) is 0 Å². The Hall–Kier alpha value is -0.810. The van der Waals surface area contributed by atoms with Crippen molar-refractivity contribution in [1.82, 2.24) is 16.0 Å². The maximum Gasteiger partial charge on any atom is 0.407 e. The topological polar surface area (TPSA) is 62.4 Å². The van der Waals surface area contributed by atoms with Crippen molar-refractivity contribution in [3.05, 3.63) is 0 Å². The lowest BCUT2D eigenvalue weighted by Crippen LogP contribution is -2.52. The molecular formula is C13H25N3O2. The second kappa shape index (κ2) is 5.05. The third-order valence-electron chi connectivity index (χ3n) is 3.86. The fourth-order valence-corrected chi connectivity index (χ4v) is 2.91. The van der Waals surface area contributed by atoms with Gasteiger partial charge in [0.05, 0.1) is 6.04 Å². The van der Waals surface area contributed by atoms with E-state index in [4.69, 9.17) is 4.74 Å². The molecular weight excluding hydrogens is 230 g/mol. The van der Waals surface area contributed by atoms with Crippen molar-refractivity contribution in [2.75, 3.05) is 26.2 Å². The monoisotopic (exact) mass is 255 g/mol. The minimum atomic E-state index is -0.433. The van der Waals surface area contributed by atoms with E-state index in [2.05, 4.69) is 16.0 Å². The standard InChI is InChI=1S/C13H25N3O2/c1-12(2,3)18-11(17)16-10-8-15-9-13(10)4-6-14-7-5-13/h10,14-15H,4-9H2,1-3H3,(H,16,17). The minimum absolute atomic E-state index is 0.189. The molecule has 3 N–H and O–H groups in total. The molecule has 0 aromatic carbocycles. The molecule has 104 valence electrons. The number of piperidine rings is 1. The quantitative estimate of drug-likeness (QED) is 0.650. The van der Waals surface area contributed by atoms with Crippen molar-refractivity contribution in [3.63, 3.8) is 0 Å². The van der Waals surface area contributed by atoms with Gasteiger partial charge in [0.2, 0.25) is 0 Å². The zero-order valence-electron chi connectivity index (χ0n) is 11.6. The number of hydrogen-bond acceptors (Lipinski definition) is 4. The molecule has 2 fully saturated rings. The predicted molar refractivity (Wildman–Crippen MR) is 70.6 cm³/mol. The van der Waals surface area contributed by atoms with Crippen LogP contribution >= 0.6 is 0 Å². The van der Waals surface area contributed by atoms with Crippen molar-refractivity contribution >= 4 is 6.09 Å². The van der Waals surface area contributed by atoms with Gasteiger partial charge in [-0.3, -0.25) is 0 Å². The lowest BCUT2D eigenvalue weighted by atomic mass is 9.75. The van der Waals surface area contributed by atoms with Gasteiger partial charge in [0, 0.05) is 18.5 Å². The van der Waals surface area contributed by atoms with Gasteiger partial charge in [-0.05, 0) is 46.7 Å². The van der Waals surface area contributed by atoms with E-state index in [1.165, 1.54) is 0 Å². The molecule has 5 heteroatoms. The van der Waals surface area contributed by atoms with E-state index in [9.17, 15) is 4.79 Å². The lowest BCUT2D eigenvalue weighted by Gasteiger charge is -2.38. The first-order valence-corrected chi connectivity index (χ1v) is 6.82. The maximum absolute atomic E-state index is 11.9. The summed E-state index contributed by atoms with van der Waals surface area (Å²) in [4.78, 5) is 11.9. The molecule has 0 bridgehead atoms. The van der Waals surface area contributed by atoms with Crippen LogP contribution in [0.2, 0.25) is 0 Å². The van der Waals surface area contributed by atoms with Crippen LogP contribution < -0.4 is 16.0 Å². The summed E-state index contributed by atoms with van der Waals surface area (Å²) in [5, 5.41) is 9.82. The van der Waals surface area contributed by atoms with Gasteiger partial charge >= 0.3 is 6.09 Å². The molecule has 0 saturated carbocycles. The second-order valence-corrected chi connectivity index (χ2v) is 6.44. The predicted octanol–water partition coefficient (Wildman–Crippen LogP) is 0.853. The molecule has 5 nitrogen and oxygen atoms in total. The number of amides is 1. The molecule has 1 unspecified atom stereocenters. The molecule has 1 spiro atoms. The summed E-state index contributed by atoms with van der Waals surface area (Å²) in [6.07, 6.45) is 1.93. The van der Waals surface area contributed by atoms with Crippen molar-refractivity contribution in [2.45, 2.75) is 45.3 Å². The van der Waals surface area contributed by atoms with E-state index in [-0.39, 0.29) is 17.6 Å². The van der Waals surface area contributed by atoms with Crippen LogP contribution in [0, 0.1) is 5.41 Å². The van der Waals surface area contributed by atoms with Crippen LogP contribution in [0.3, 0.4) is 0 Å². The third kappa shape index (κ3) is 3.14.